The molecule has 1 saturated heterocycles. The van der Waals surface area contributed by atoms with Crippen molar-refractivity contribution in [2.24, 2.45) is 5.92 Å². The minimum absolute atomic E-state index is 0.0595. The van der Waals surface area contributed by atoms with Gasteiger partial charge >= 0.3 is 5.97 Å². The zero-order valence-electron chi connectivity index (χ0n) is 10.8. The van der Waals surface area contributed by atoms with Crippen LogP contribution in [0.2, 0.25) is 0 Å². The van der Waals surface area contributed by atoms with Crippen molar-refractivity contribution in [1.82, 2.24) is 9.62 Å². The molecule has 1 fully saturated rings. The smallest absolute Gasteiger partial charge is 0.303 e. The van der Waals surface area contributed by atoms with Gasteiger partial charge in [-0.15, -0.1) is 0 Å². The highest BCUT2D eigenvalue weighted by Gasteiger charge is 2.27. The standard InChI is InChI=1S/C11H22N2O4S/c1-12-9-10-4-6-13(7-5-10)18(16,17)8-2-3-11(14)15/h10,12H,2-9H2,1H3,(H,14,15). The van der Waals surface area contributed by atoms with Gasteiger partial charge in [0.1, 0.15) is 0 Å². The van der Waals surface area contributed by atoms with Crippen LogP contribution in [-0.2, 0) is 14.8 Å². The number of hydrogen-bond acceptors (Lipinski definition) is 4. The maximum absolute atomic E-state index is 11.9. The summed E-state index contributed by atoms with van der Waals surface area (Å²) >= 11 is 0. The number of hydrogen-bond donors (Lipinski definition) is 2. The number of nitrogens with zero attached hydrogens (tertiary/aromatic N) is 1. The molecular formula is C11H22N2O4S. The predicted octanol–water partition coefficient (Wildman–Crippen LogP) is 0.112. The second-order valence-corrected chi connectivity index (χ2v) is 6.80. The Morgan fingerprint density at radius 3 is 2.50 bits per heavy atom. The molecule has 1 heterocycles. The number of sulfonamides is 1. The zero-order chi connectivity index (χ0) is 13.6. The Balaban J connectivity index is 2.38. The molecule has 0 amide bonds. The van der Waals surface area contributed by atoms with Gasteiger partial charge in [0, 0.05) is 19.5 Å². The molecule has 0 unspecified atom stereocenters. The number of aliphatic carboxylic acids is 1. The molecule has 0 aliphatic carbocycles. The Hall–Kier alpha value is -0.660. The van der Waals surface area contributed by atoms with Crippen LogP contribution in [0, 0.1) is 5.92 Å². The third-order valence-electron chi connectivity index (χ3n) is 3.25. The highest BCUT2D eigenvalue weighted by molar-refractivity contribution is 7.89. The third kappa shape index (κ3) is 4.91. The first-order valence-electron chi connectivity index (χ1n) is 6.30. The van der Waals surface area contributed by atoms with Crippen LogP contribution >= 0.6 is 0 Å². The summed E-state index contributed by atoms with van der Waals surface area (Å²) < 4.78 is 25.4. The van der Waals surface area contributed by atoms with Gasteiger partial charge in [-0.2, -0.15) is 0 Å². The van der Waals surface area contributed by atoms with E-state index in [1.807, 2.05) is 7.05 Å². The average Bonchev–Trinajstić information content (AvgIpc) is 2.29. The van der Waals surface area contributed by atoms with Crippen LogP contribution in [0.1, 0.15) is 25.7 Å². The fourth-order valence-corrected chi connectivity index (χ4v) is 3.75. The van der Waals surface area contributed by atoms with Crippen LogP contribution < -0.4 is 5.32 Å². The van der Waals surface area contributed by atoms with Crippen molar-refractivity contribution in [2.45, 2.75) is 25.7 Å². The van der Waals surface area contributed by atoms with Gasteiger partial charge in [-0.1, -0.05) is 0 Å². The lowest BCUT2D eigenvalue weighted by molar-refractivity contribution is -0.137. The zero-order valence-corrected chi connectivity index (χ0v) is 11.6. The quantitative estimate of drug-likeness (QED) is 0.690. The Bertz CT molecular complexity index is 361. The predicted molar refractivity (Wildman–Crippen MR) is 68.9 cm³/mol. The summed E-state index contributed by atoms with van der Waals surface area (Å²) in [5.74, 6) is -0.464. The molecule has 0 aromatic heterocycles. The van der Waals surface area contributed by atoms with Crippen molar-refractivity contribution in [1.29, 1.82) is 0 Å². The molecule has 0 saturated carbocycles. The molecule has 18 heavy (non-hydrogen) atoms. The molecule has 7 heteroatoms. The summed E-state index contributed by atoms with van der Waals surface area (Å²) in [5.41, 5.74) is 0. The number of carbonyl (C=O) groups is 1. The van der Waals surface area contributed by atoms with E-state index in [0.29, 0.717) is 19.0 Å². The van der Waals surface area contributed by atoms with Gasteiger partial charge in [-0.25, -0.2) is 12.7 Å². The van der Waals surface area contributed by atoms with E-state index >= 15 is 0 Å². The molecule has 0 atom stereocenters. The fourth-order valence-electron chi connectivity index (χ4n) is 2.22. The molecule has 6 nitrogen and oxygen atoms in total. The van der Waals surface area contributed by atoms with Gasteiger partial charge in [0.25, 0.3) is 0 Å². The number of piperidine rings is 1. The number of carboxylic acid groups (broad SMARTS) is 1. The summed E-state index contributed by atoms with van der Waals surface area (Å²) in [6, 6.07) is 0. The third-order valence-corrected chi connectivity index (χ3v) is 5.21. The van der Waals surface area contributed by atoms with Crippen LogP contribution in [0.5, 0.6) is 0 Å². The molecule has 0 aromatic rings. The van der Waals surface area contributed by atoms with Gasteiger partial charge in [-0.3, -0.25) is 4.79 Å². The average molecular weight is 278 g/mol. The Kier molecular flexibility index (Phi) is 6.04. The van der Waals surface area contributed by atoms with Gasteiger partial charge in [-0.05, 0) is 38.8 Å². The van der Waals surface area contributed by atoms with Crippen molar-refractivity contribution in [3.63, 3.8) is 0 Å². The molecule has 106 valence electrons. The van der Waals surface area contributed by atoms with Gasteiger partial charge in [0.15, 0.2) is 0 Å². The minimum atomic E-state index is -3.27. The number of rotatable bonds is 7. The monoisotopic (exact) mass is 278 g/mol. The molecule has 1 aliphatic rings. The Labute approximate surface area is 108 Å². The number of nitrogens with one attached hydrogen (secondary N) is 1. The first kappa shape index (κ1) is 15.4. The molecule has 2 N–H and O–H groups in total. The van der Waals surface area contributed by atoms with E-state index in [1.54, 1.807) is 0 Å². The summed E-state index contributed by atoms with van der Waals surface area (Å²) in [7, 11) is -1.37. The van der Waals surface area contributed by atoms with Crippen molar-refractivity contribution < 1.29 is 18.3 Å². The second-order valence-electron chi connectivity index (χ2n) is 4.71. The van der Waals surface area contributed by atoms with Crippen LogP contribution in [0.3, 0.4) is 0 Å². The summed E-state index contributed by atoms with van der Waals surface area (Å²) in [6.07, 6.45) is 1.85. The van der Waals surface area contributed by atoms with Gasteiger partial charge in [0.2, 0.25) is 10.0 Å². The molecule has 0 spiro atoms. The lowest BCUT2D eigenvalue weighted by Crippen LogP contribution is -2.41. The van der Waals surface area contributed by atoms with E-state index in [0.717, 1.165) is 19.4 Å². The van der Waals surface area contributed by atoms with E-state index in [2.05, 4.69) is 5.32 Å². The van der Waals surface area contributed by atoms with E-state index in [1.165, 1.54) is 4.31 Å². The highest BCUT2D eigenvalue weighted by Crippen LogP contribution is 2.19. The molecule has 1 rings (SSSR count). The van der Waals surface area contributed by atoms with Crippen molar-refractivity contribution in [3.05, 3.63) is 0 Å². The minimum Gasteiger partial charge on any atom is -0.481 e. The maximum Gasteiger partial charge on any atom is 0.303 e. The van der Waals surface area contributed by atoms with E-state index in [4.69, 9.17) is 5.11 Å². The first-order valence-corrected chi connectivity index (χ1v) is 7.91. The fraction of sp³-hybridized carbons (Fsp3) is 0.909. The van der Waals surface area contributed by atoms with Crippen LogP contribution in [-0.4, -0.2) is 56.2 Å². The SMILES string of the molecule is CNCC1CCN(S(=O)(=O)CCCC(=O)O)CC1. The normalized spacial score (nSPS) is 18.9. The molecule has 1 aliphatic heterocycles. The topological polar surface area (TPSA) is 86.7 Å². The highest BCUT2D eigenvalue weighted by atomic mass is 32.2. The molecule has 0 bridgehead atoms. The molecule has 0 radical (unpaired) electrons. The molecule has 0 aromatic carbocycles. The lowest BCUT2D eigenvalue weighted by Gasteiger charge is -2.31. The largest absolute Gasteiger partial charge is 0.481 e. The summed E-state index contributed by atoms with van der Waals surface area (Å²) in [4.78, 5) is 10.4. The van der Waals surface area contributed by atoms with Crippen LogP contribution in [0.15, 0.2) is 0 Å². The van der Waals surface area contributed by atoms with Gasteiger partial charge < -0.3 is 10.4 Å². The summed E-state index contributed by atoms with van der Waals surface area (Å²) in [5, 5.41) is 11.6. The summed E-state index contributed by atoms with van der Waals surface area (Å²) in [6.45, 7) is 2.04. The van der Waals surface area contributed by atoms with E-state index in [-0.39, 0.29) is 18.6 Å². The van der Waals surface area contributed by atoms with E-state index in [9.17, 15) is 13.2 Å². The second kappa shape index (κ2) is 7.06. The molecular weight excluding hydrogens is 256 g/mol. The van der Waals surface area contributed by atoms with Crippen molar-refractivity contribution in [2.75, 3.05) is 32.4 Å². The Morgan fingerprint density at radius 2 is 2.00 bits per heavy atom. The van der Waals surface area contributed by atoms with E-state index < -0.39 is 16.0 Å². The Morgan fingerprint density at radius 1 is 1.39 bits per heavy atom. The first-order chi connectivity index (χ1) is 8.45. The maximum atomic E-state index is 11.9. The van der Waals surface area contributed by atoms with Crippen molar-refractivity contribution in [3.8, 4) is 0 Å². The lowest BCUT2D eigenvalue weighted by atomic mass is 9.98. The van der Waals surface area contributed by atoms with Crippen LogP contribution in [0.25, 0.3) is 0 Å². The van der Waals surface area contributed by atoms with Gasteiger partial charge in [0.05, 0.1) is 5.75 Å². The number of carboxylic acids is 1. The van der Waals surface area contributed by atoms with Crippen molar-refractivity contribution >= 4 is 16.0 Å². The van der Waals surface area contributed by atoms with Crippen LogP contribution in [0.4, 0.5) is 0 Å².